The zero-order valence-electron chi connectivity index (χ0n) is 8.11. The topological polar surface area (TPSA) is 40.5 Å². The van der Waals surface area contributed by atoms with E-state index < -0.39 is 17.4 Å². The first-order valence-corrected chi connectivity index (χ1v) is 4.56. The van der Waals surface area contributed by atoms with Gasteiger partial charge in [-0.25, -0.2) is 4.39 Å². The third-order valence-electron chi connectivity index (χ3n) is 2.24. The van der Waals surface area contributed by atoms with Gasteiger partial charge >= 0.3 is 0 Å². The van der Waals surface area contributed by atoms with Gasteiger partial charge in [-0.3, -0.25) is 0 Å². The molecule has 0 fully saturated rings. The van der Waals surface area contributed by atoms with Crippen molar-refractivity contribution < 1.29 is 19.0 Å². The molecule has 2 aromatic rings. The molecule has 0 aliphatic carbocycles. The van der Waals surface area contributed by atoms with E-state index in [9.17, 15) is 8.78 Å². The van der Waals surface area contributed by atoms with Gasteiger partial charge in [-0.2, -0.15) is 4.39 Å². The number of rotatable bonds is 1. The molecule has 0 amide bonds. The van der Waals surface area contributed by atoms with Crippen LogP contribution in [-0.2, 0) is 0 Å². The van der Waals surface area contributed by atoms with Crippen LogP contribution in [0.15, 0.2) is 36.4 Å². The van der Waals surface area contributed by atoms with Crippen molar-refractivity contribution in [1.82, 2.24) is 0 Å². The molecule has 4 heteroatoms. The van der Waals surface area contributed by atoms with Crippen LogP contribution in [-0.4, -0.2) is 10.2 Å². The highest BCUT2D eigenvalue weighted by Gasteiger charge is 2.13. The lowest BCUT2D eigenvalue weighted by atomic mass is 10.0. The van der Waals surface area contributed by atoms with Crippen LogP contribution in [0.2, 0.25) is 0 Å². The predicted molar refractivity (Wildman–Crippen MR) is 55.1 cm³/mol. The molecule has 0 aliphatic rings. The number of halogens is 2. The number of benzene rings is 2. The van der Waals surface area contributed by atoms with Crippen molar-refractivity contribution in [1.29, 1.82) is 0 Å². The van der Waals surface area contributed by atoms with E-state index in [0.717, 1.165) is 6.07 Å². The van der Waals surface area contributed by atoms with Gasteiger partial charge in [0.2, 0.25) is 5.82 Å². The second-order valence-electron chi connectivity index (χ2n) is 3.31. The van der Waals surface area contributed by atoms with Crippen LogP contribution in [0.3, 0.4) is 0 Å². The summed E-state index contributed by atoms with van der Waals surface area (Å²) in [6.45, 7) is 0. The summed E-state index contributed by atoms with van der Waals surface area (Å²) in [4.78, 5) is 0. The van der Waals surface area contributed by atoms with Crippen molar-refractivity contribution in [2.45, 2.75) is 0 Å². The van der Waals surface area contributed by atoms with E-state index >= 15 is 0 Å². The molecule has 0 unspecified atom stereocenters. The van der Waals surface area contributed by atoms with Gasteiger partial charge in [-0.1, -0.05) is 12.1 Å². The lowest BCUT2D eigenvalue weighted by Crippen LogP contribution is -1.89. The van der Waals surface area contributed by atoms with E-state index in [0.29, 0.717) is 5.56 Å². The van der Waals surface area contributed by atoms with Gasteiger partial charge in [0, 0.05) is 5.56 Å². The van der Waals surface area contributed by atoms with Gasteiger partial charge in [-0.05, 0) is 29.8 Å². The Morgan fingerprint density at radius 3 is 2.00 bits per heavy atom. The predicted octanol–water partition coefficient (Wildman–Crippen LogP) is 3.04. The van der Waals surface area contributed by atoms with E-state index in [-0.39, 0.29) is 11.3 Å². The minimum atomic E-state index is -1.27. The van der Waals surface area contributed by atoms with Gasteiger partial charge in [0.1, 0.15) is 5.75 Å². The smallest absolute Gasteiger partial charge is 0.200 e. The maximum absolute atomic E-state index is 13.5. The molecular weight excluding hydrogens is 214 g/mol. The molecule has 0 bridgehead atoms. The summed E-state index contributed by atoms with van der Waals surface area (Å²) >= 11 is 0. The van der Waals surface area contributed by atoms with Crippen molar-refractivity contribution in [2.75, 3.05) is 0 Å². The fraction of sp³-hybridized carbons (Fsp3) is 0. The summed E-state index contributed by atoms with van der Waals surface area (Å²) in [6, 6.07) is 8.04. The normalized spacial score (nSPS) is 10.4. The molecule has 0 atom stereocenters. The molecule has 16 heavy (non-hydrogen) atoms. The average Bonchev–Trinajstić information content (AvgIpc) is 2.28. The molecule has 2 nitrogen and oxygen atoms in total. The van der Waals surface area contributed by atoms with Crippen LogP contribution in [0.5, 0.6) is 11.5 Å². The molecule has 0 aromatic heterocycles. The molecule has 0 aliphatic heterocycles. The second kappa shape index (κ2) is 3.81. The molecule has 0 saturated carbocycles. The molecule has 0 spiro atoms. The summed E-state index contributed by atoms with van der Waals surface area (Å²) in [6.07, 6.45) is 0. The minimum Gasteiger partial charge on any atom is -0.508 e. The fourth-order valence-electron chi connectivity index (χ4n) is 1.40. The van der Waals surface area contributed by atoms with Gasteiger partial charge in [0.15, 0.2) is 11.6 Å². The van der Waals surface area contributed by atoms with Gasteiger partial charge in [0.05, 0.1) is 0 Å². The minimum absolute atomic E-state index is 0.0373. The zero-order chi connectivity index (χ0) is 11.7. The number of hydrogen-bond donors (Lipinski definition) is 2. The summed E-state index contributed by atoms with van der Waals surface area (Å²) < 4.78 is 26.5. The molecule has 2 N–H and O–H groups in total. The monoisotopic (exact) mass is 222 g/mol. The van der Waals surface area contributed by atoms with Crippen LogP contribution in [0, 0.1) is 11.6 Å². The van der Waals surface area contributed by atoms with Crippen molar-refractivity contribution >= 4 is 0 Å². The van der Waals surface area contributed by atoms with Gasteiger partial charge < -0.3 is 10.2 Å². The summed E-state index contributed by atoms with van der Waals surface area (Å²) in [5, 5.41) is 18.0. The van der Waals surface area contributed by atoms with E-state index in [1.54, 1.807) is 0 Å². The standard InChI is InChI=1S/C12H8F2O2/c13-11-9(5-6-10(16)12(11)14)7-1-3-8(15)4-2-7/h1-6,15-16H. The SMILES string of the molecule is Oc1ccc(-c2ccc(O)c(F)c2F)cc1. The molecule has 0 saturated heterocycles. The Hall–Kier alpha value is -2.10. The van der Waals surface area contributed by atoms with Crippen LogP contribution in [0.25, 0.3) is 11.1 Å². The molecule has 0 radical (unpaired) electrons. The first kappa shape index (κ1) is 10.4. The number of hydrogen-bond acceptors (Lipinski definition) is 2. The lowest BCUT2D eigenvalue weighted by molar-refractivity contribution is 0.408. The summed E-state index contributed by atoms with van der Waals surface area (Å²) in [7, 11) is 0. The number of phenols is 2. The maximum Gasteiger partial charge on any atom is 0.200 e. The van der Waals surface area contributed by atoms with E-state index in [2.05, 4.69) is 0 Å². The van der Waals surface area contributed by atoms with Crippen molar-refractivity contribution in [3.63, 3.8) is 0 Å². The Morgan fingerprint density at radius 1 is 0.750 bits per heavy atom. The Labute approximate surface area is 90.4 Å². The molecule has 2 rings (SSSR count). The third-order valence-corrected chi connectivity index (χ3v) is 2.24. The van der Waals surface area contributed by atoms with Crippen molar-refractivity contribution in [3.05, 3.63) is 48.0 Å². The first-order chi connectivity index (χ1) is 7.59. The average molecular weight is 222 g/mol. The third kappa shape index (κ3) is 1.69. The molecule has 2 aromatic carbocycles. The highest BCUT2D eigenvalue weighted by Crippen LogP contribution is 2.29. The van der Waals surface area contributed by atoms with Crippen LogP contribution >= 0.6 is 0 Å². The maximum atomic E-state index is 13.5. The van der Waals surface area contributed by atoms with Crippen molar-refractivity contribution in [3.8, 4) is 22.6 Å². The van der Waals surface area contributed by atoms with E-state index in [1.807, 2.05) is 0 Å². The van der Waals surface area contributed by atoms with Crippen LogP contribution in [0.1, 0.15) is 0 Å². The van der Waals surface area contributed by atoms with Gasteiger partial charge in [0.25, 0.3) is 0 Å². The molecule has 82 valence electrons. The van der Waals surface area contributed by atoms with E-state index in [1.165, 1.54) is 30.3 Å². The Morgan fingerprint density at radius 2 is 1.38 bits per heavy atom. The zero-order valence-corrected chi connectivity index (χ0v) is 8.11. The highest BCUT2D eigenvalue weighted by molar-refractivity contribution is 5.65. The molecular formula is C12H8F2O2. The summed E-state index contributed by atoms with van der Waals surface area (Å²) in [5.41, 5.74) is 0.463. The second-order valence-corrected chi connectivity index (χ2v) is 3.31. The largest absolute Gasteiger partial charge is 0.508 e. The highest BCUT2D eigenvalue weighted by atomic mass is 19.2. The van der Waals surface area contributed by atoms with Gasteiger partial charge in [-0.15, -0.1) is 0 Å². The Kier molecular flexibility index (Phi) is 2.48. The lowest BCUT2D eigenvalue weighted by Gasteiger charge is -2.05. The van der Waals surface area contributed by atoms with E-state index in [4.69, 9.17) is 10.2 Å². The number of phenolic OH excluding ortho intramolecular Hbond substituents is 2. The number of aromatic hydroxyl groups is 2. The fourth-order valence-corrected chi connectivity index (χ4v) is 1.40. The Balaban J connectivity index is 2.57. The quantitative estimate of drug-likeness (QED) is 0.778. The molecule has 0 heterocycles. The first-order valence-electron chi connectivity index (χ1n) is 4.56. The summed E-state index contributed by atoms with van der Waals surface area (Å²) in [5.74, 6) is -3.06. The van der Waals surface area contributed by atoms with Crippen molar-refractivity contribution in [2.24, 2.45) is 0 Å². The van der Waals surface area contributed by atoms with Crippen LogP contribution < -0.4 is 0 Å². The van der Waals surface area contributed by atoms with Crippen LogP contribution in [0.4, 0.5) is 8.78 Å². The Bertz CT molecular complexity index is 521.